The van der Waals surface area contributed by atoms with E-state index in [0.29, 0.717) is 22.2 Å². The van der Waals surface area contributed by atoms with Crippen molar-refractivity contribution in [3.05, 3.63) is 63.6 Å². The van der Waals surface area contributed by atoms with Crippen LogP contribution in [0.15, 0.2) is 42.5 Å². The molecule has 1 atom stereocenters. The zero-order chi connectivity index (χ0) is 27.9. The second-order valence-corrected chi connectivity index (χ2v) is 12.6. The van der Waals surface area contributed by atoms with Gasteiger partial charge in [-0.2, -0.15) is 0 Å². The number of benzene rings is 2. The molecule has 0 saturated heterocycles. The van der Waals surface area contributed by atoms with Crippen LogP contribution in [0.2, 0.25) is 10.0 Å². The number of amides is 2. The third-order valence-electron chi connectivity index (χ3n) is 6.98. The summed E-state index contributed by atoms with van der Waals surface area (Å²) in [5.74, 6) is -0.387. The molecule has 0 spiro atoms. The Hall–Kier alpha value is -2.29. The monoisotopic (exact) mass is 581 g/mol. The Kier molecular flexibility index (Phi) is 10.9. The Balaban J connectivity index is 1.79. The summed E-state index contributed by atoms with van der Waals surface area (Å²) >= 11 is 12.5. The summed E-state index contributed by atoms with van der Waals surface area (Å²) in [6, 6.07) is 11.8. The summed E-state index contributed by atoms with van der Waals surface area (Å²) in [7, 11) is -3.61. The molecular formula is C28H37Cl2N3O4S. The van der Waals surface area contributed by atoms with Crippen LogP contribution in [0.4, 0.5) is 5.69 Å². The maximum atomic E-state index is 13.6. The minimum absolute atomic E-state index is 0.0727. The van der Waals surface area contributed by atoms with Crippen molar-refractivity contribution in [3.8, 4) is 0 Å². The zero-order valence-corrected chi connectivity index (χ0v) is 24.6. The molecular weight excluding hydrogens is 545 g/mol. The van der Waals surface area contributed by atoms with Crippen LogP contribution in [0, 0.1) is 6.92 Å². The van der Waals surface area contributed by atoms with Gasteiger partial charge in [-0.15, -0.1) is 0 Å². The van der Waals surface area contributed by atoms with E-state index < -0.39 is 16.1 Å². The fourth-order valence-electron chi connectivity index (χ4n) is 4.93. The molecule has 0 heterocycles. The highest BCUT2D eigenvalue weighted by molar-refractivity contribution is 7.92. The molecule has 3 rings (SSSR count). The van der Waals surface area contributed by atoms with Crippen molar-refractivity contribution in [1.82, 2.24) is 10.2 Å². The first-order chi connectivity index (χ1) is 18.0. The fourth-order valence-corrected chi connectivity index (χ4v) is 6.31. The van der Waals surface area contributed by atoms with Gasteiger partial charge >= 0.3 is 0 Å². The maximum absolute atomic E-state index is 13.6. The summed E-state index contributed by atoms with van der Waals surface area (Å²) in [6.45, 7) is 4.00. The molecule has 208 valence electrons. The number of carbonyl (C=O) groups excluding carboxylic acids is 2. The van der Waals surface area contributed by atoms with Gasteiger partial charge in [0.15, 0.2) is 0 Å². The third kappa shape index (κ3) is 8.10. The molecule has 0 unspecified atom stereocenters. The lowest BCUT2D eigenvalue weighted by molar-refractivity contribution is -0.141. The summed E-state index contributed by atoms with van der Waals surface area (Å²) in [5.41, 5.74) is 2.01. The van der Waals surface area contributed by atoms with Gasteiger partial charge in [0.05, 0.1) is 11.9 Å². The van der Waals surface area contributed by atoms with E-state index in [4.69, 9.17) is 23.2 Å². The van der Waals surface area contributed by atoms with Crippen molar-refractivity contribution < 1.29 is 18.0 Å². The van der Waals surface area contributed by atoms with E-state index in [1.807, 2.05) is 32.0 Å². The predicted octanol–water partition coefficient (Wildman–Crippen LogP) is 5.71. The molecule has 1 aliphatic carbocycles. The molecule has 1 N–H and O–H groups in total. The Bertz CT molecular complexity index is 1230. The number of halogens is 2. The summed E-state index contributed by atoms with van der Waals surface area (Å²) in [4.78, 5) is 28.5. The van der Waals surface area contributed by atoms with E-state index in [1.54, 1.807) is 29.2 Å². The van der Waals surface area contributed by atoms with Crippen LogP contribution < -0.4 is 9.62 Å². The number of anilines is 1. The average molecular weight is 583 g/mol. The fraction of sp³-hybridized carbons (Fsp3) is 0.500. The van der Waals surface area contributed by atoms with Crippen molar-refractivity contribution in [2.75, 3.05) is 17.1 Å². The summed E-state index contributed by atoms with van der Waals surface area (Å²) < 4.78 is 26.5. The van der Waals surface area contributed by atoms with E-state index in [0.717, 1.165) is 43.1 Å². The van der Waals surface area contributed by atoms with E-state index >= 15 is 0 Å². The Labute approximate surface area is 236 Å². The number of aryl methyl sites for hydroxylation is 1. The summed E-state index contributed by atoms with van der Waals surface area (Å²) in [6.07, 6.45) is 6.02. The smallest absolute Gasteiger partial charge is 0.243 e. The van der Waals surface area contributed by atoms with Gasteiger partial charge in [-0.05, 0) is 61.9 Å². The van der Waals surface area contributed by atoms with Gasteiger partial charge in [0.1, 0.15) is 6.04 Å². The zero-order valence-electron chi connectivity index (χ0n) is 22.3. The number of carbonyl (C=O) groups is 2. The van der Waals surface area contributed by atoms with Crippen LogP contribution in [0.25, 0.3) is 0 Å². The van der Waals surface area contributed by atoms with Crippen molar-refractivity contribution >= 4 is 50.7 Å². The van der Waals surface area contributed by atoms with Gasteiger partial charge in [0, 0.05) is 35.6 Å². The molecule has 2 aromatic carbocycles. The standard InChI is InChI=1S/C28H37Cl2N3O4S/c1-4-25(28(35)31-23-11-6-7-12-23)32(19-21-10-5-8-13-24(21)30)27(34)14-9-17-33(38(3,36)37)26-18-22(29)16-15-20(26)2/h5,8,10,13,15-16,18,23,25H,4,6-7,9,11-12,14,17,19H2,1-3H3,(H,31,35)/t25-/m1/s1. The number of sulfonamides is 1. The van der Waals surface area contributed by atoms with E-state index in [1.165, 1.54) is 4.31 Å². The van der Waals surface area contributed by atoms with Crippen molar-refractivity contribution in [3.63, 3.8) is 0 Å². The lowest BCUT2D eigenvalue weighted by Gasteiger charge is -2.32. The summed E-state index contributed by atoms with van der Waals surface area (Å²) in [5, 5.41) is 4.08. The van der Waals surface area contributed by atoms with Crippen molar-refractivity contribution in [1.29, 1.82) is 0 Å². The first kappa shape index (κ1) is 30.3. The van der Waals surface area contributed by atoms with Crippen LogP contribution >= 0.6 is 23.2 Å². The quantitative estimate of drug-likeness (QED) is 0.347. The molecule has 0 bridgehead atoms. The molecule has 2 amide bonds. The molecule has 0 aliphatic heterocycles. The highest BCUT2D eigenvalue weighted by Crippen LogP contribution is 2.27. The van der Waals surface area contributed by atoms with E-state index in [9.17, 15) is 18.0 Å². The van der Waals surface area contributed by atoms with Gasteiger partial charge in [-0.1, -0.05) is 67.2 Å². The van der Waals surface area contributed by atoms with E-state index in [-0.39, 0.29) is 43.8 Å². The molecule has 1 saturated carbocycles. The number of rotatable bonds is 12. The molecule has 10 heteroatoms. The Morgan fingerprint density at radius 2 is 1.79 bits per heavy atom. The molecule has 7 nitrogen and oxygen atoms in total. The molecule has 1 aliphatic rings. The lowest BCUT2D eigenvalue weighted by atomic mass is 10.1. The molecule has 0 aromatic heterocycles. The van der Waals surface area contributed by atoms with Gasteiger partial charge in [-0.3, -0.25) is 13.9 Å². The van der Waals surface area contributed by atoms with Crippen LogP contribution in [0.3, 0.4) is 0 Å². The largest absolute Gasteiger partial charge is 0.352 e. The van der Waals surface area contributed by atoms with E-state index in [2.05, 4.69) is 5.32 Å². The number of hydrogen-bond donors (Lipinski definition) is 1. The van der Waals surface area contributed by atoms with Gasteiger partial charge in [-0.25, -0.2) is 8.42 Å². The second kappa shape index (κ2) is 13.7. The van der Waals surface area contributed by atoms with Crippen LogP contribution in [0.5, 0.6) is 0 Å². The van der Waals surface area contributed by atoms with Crippen LogP contribution in [0.1, 0.15) is 63.0 Å². The maximum Gasteiger partial charge on any atom is 0.243 e. The minimum atomic E-state index is -3.61. The predicted molar refractivity (Wildman–Crippen MR) is 154 cm³/mol. The average Bonchev–Trinajstić information content (AvgIpc) is 3.36. The molecule has 1 fully saturated rings. The first-order valence-corrected chi connectivity index (χ1v) is 15.7. The number of nitrogens with one attached hydrogen (secondary N) is 1. The van der Waals surface area contributed by atoms with Crippen molar-refractivity contribution in [2.24, 2.45) is 0 Å². The highest BCUT2D eigenvalue weighted by atomic mass is 35.5. The molecule has 0 radical (unpaired) electrons. The second-order valence-electron chi connectivity index (χ2n) is 9.90. The number of nitrogens with zero attached hydrogens (tertiary/aromatic N) is 2. The first-order valence-electron chi connectivity index (χ1n) is 13.1. The SMILES string of the molecule is CC[C@H](C(=O)NC1CCCC1)N(Cc1ccccc1Cl)C(=O)CCCN(c1cc(Cl)ccc1C)S(C)(=O)=O. The normalized spacial score (nSPS) is 14.8. The lowest BCUT2D eigenvalue weighted by Crippen LogP contribution is -2.51. The topological polar surface area (TPSA) is 86.8 Å². The Morgan fingerprint density at radius 3 is 2.42 bits per heavy atom. The van der Waals surface area contributed by atoms with Gasteiger partial charge < -0.3 is 10.2 Å². The molecule has 2 aromatic rings. The number of hydrogen-bond acceptors (Lipinski definition) is 4. The van der Waals surface area contributed by atoms with Gasteiger partial charge in [0.25, 0.3) is 0 Å². The molecule has 38 heavy (non-hydrogen) atoms. The van der Waals surface area contributed by atoms with Crippen LogP contribution in [-0.2, 0) is 26.2 Å². The Morgan fingerprint density at radius 1 is 1.11 bits per heavy atom. The third-order valence-corrected chi connectivity index (χ3v) is 8.76. The highest BCUT2D eigenvalue weighted by Gasteiger charge is 2.31. The van der Waals surface area contributed by atoms with Gasteiger partial charge in [0.2, 0.25) is 21.8 Å². The van der Waals surface area contributed by atoms with Crippen LogP contribution in [-0.4, -0.2) is 50.0 Å². The minimum Gasteiger partial charge on any atom is -0.352 e. The van der Waals surface area contributed by atoms with Crippen molar-refractivity contribution in [2.45, 2.75) is 77.4 Å².